The van der Waals surface area contributed by atoms with E-state index in [0.717, 1.165) is 49.9 Å². The fraction of sp³-hybridized carbons (Fsp3) is 0. The molecule has 0 amide bonds. The molecule has 0 atom stereocenters. The number of furan rings is 1. The van der Waals surface area contributed by atoms with Gasteiger partial charge in [-0.25, -0.2) is 4.98 Å². The number of nitrogens with zero attached hydrogens (tertiary/aromatic N) is 2. The van der Waals surface area contributed by atoms with Crippen molar-refractivity contribution in [1.82, 2.24) is 4.98 Å². The fourth-order valence-corrected chi connectivity index (χ4v) is 7.43. The molecule has 10 rings (SSSR count). The van der Waals surface area contributed by atoms with Crippen LogP contribution < -0.4 is 4.90 Å². The second kappa shape index (κ2) is 11.5. The molecular formula is C47H30N2O. The number of para-hydroxylation sites is 1. The van der Waals surface area contributed by atoms with Crippen LogP contribution in [0.2, 0.25) is 0 Å². The zero-order valence-corrected chi connectivity index (χ0v) is 27.1. The van der Waals surface area contributed by atoms with E-state index in [4.69, 9.17) is 9.40 Å². The molecule has 0 saturated carbocycles. The van der Waals surface area contributed by atoms with Crippen LogP contribution in [-0.4, -0.2) is 4.98 Å². The van der Waals surface area contributed by atoms with E-state index in [2.05, 4.69) is 169 Å². The highest BCUT2D eigenvalue weighted by atomic mass is 16.3. The molecule has 0 aliphatic heterocycles. The van der Waals surface area contributed by atoms with Gasteiger partial charge in [-0.3, -0.25) is 0 Å². The first kappa shape index (κ1) is 28.3. The average Bonchev–Trinajstić information content (AvgIpc) is 3.53. The summed E-state index contributed by atoms with van der Waals surface area (Å²) in [5, 5.41) is 8.13. The van der Waals surface area contributed by atoms with E-state index in [1.165, 1.54) is 38.2 Å². The Kier molecular flexibility index (Phi) is 6.49. The van der Waals surface area contributed by atoms with Crippen LogP contribution in [0.25, 0.3) is 76.8 Å². The molecule has 0 N–H and O–H groups in total. The second-order valence-corrected chi connectivity index (χ2v) is 12.8. The lowest BCUT2D eigenvalue weighted by molar-refractivity contribution is 0.656. The van der Waals surface area contributed by atoms with Crippen LogP contribution in [0.3, 0.4) is 0 Å². The van der Waals surface area contributed by atoms with Gasteiger partial charge in [0, 0.05) is 39.3 Å². The maximum Gasteiger partial charge on any atom is 0.227 e. The summed E-state index contributed by atoms with van der Waals surface area (Å²) in [6.07, 6.45) is 0. The number of hydrogen-bond donors (Lipinski definition) is 0. The van der Waals surface area contributed by atoms with E-state index >= 15 is 0 Å². The number of fused-ring (bicyclic) bond motifs is 6. The van der Waals surface area contributed by atoms with Crippen LogP contribution in [-0.2, 0) is 0 Å². The molecule has 0 spiro atoms. The molecule has 8 aromatic carbocycles. The van der Waals surface area contributed by atoms with Gasteiger partial charge < -0.3 is 9.32 Å². The predicted molar refractivity (Wildman–Crippen MR) is 210 cm³/mol. The van der Waals surface area contributed by atoms with Crippen molar-refractivity contribution in [1.29, 1.82) is 0 Å². The molecule has 0 saturated heterocycles. The smallest absolute Gasteiger partial charge is 0.227 e. The van der Waals surface area contributed by atoms with Crippen LogP contribution in [0.5, 0.6) is 0 Å². The predicted octanol–water partition coefficient (Wildman–Crippen LogP) is 13.2. The molecule has 2 heterocycles. The molecule has 0 unspecified atom stereocenters. The molecular weight excluding hydrogens is 609 g/mol. The van der Waals surface area contributed by atoms with Crippen molar-refractivity contribution in [3.8, 4) is 22.3 Å². The quantitative estimate of drug-likeness (QED) is 0.188. The van der Waals surface area contributed by atoms with Gasteiger partial charge in [-0.1, -0.05) is 127 Å². The SMILES string of the molecule is c1cc(-c2cccc3ccccc23)cc(N(c2ccc(-c3cccc4ccccc34)cc2)c2ccc3c(c2)oc2nc4ccccc4cc23)c1. The Balaban J connectivity index is 1.14. The summed E-state index contributed by atoms with van der Waals surface area (Å²) in [5.74, 6) is 0. The Morgan fingerprint density at radius 1 is 0.380 bits per heavy atom. The average molecular weight is 639 g/mol. The van der Waals surface area contributed by atoms with Gasteiger partial charge >= 0.3 is 0 Å². The third-order valence-electron chi connectivity index (χ3n) is 9.84. The number of anilines is 3. The fourth-order valence-electron chi connectivity index (χ4n) is 7.43. The first-order valence-corrected chi connectivity index (χ1v) is 17.0. The minimum absolute atomic E-state index is 0.653. The number of hydrogen-bond acceptors (Lipinski definition) is 3. The largest absolute Gasteiger partial charge is 0.438 e. The zero-order chi connectivity index (χ0) is 33.0. The number of aromatic nitrogens is 1. The standard InChI is InChI=1S/C47H30N2O/c1-4-17-39-31(10-1)13-8-19-41(39)33-22-24-36(25-23-33)49(37-16-7-15-34(28-37)42-20-9-14-32-11-2-5-18-40(32)42)38-26-27-43-44-29-35-12-3-6-21-45(35)48-47(44)50-46(43)30-38/h1-30H. The van der Waals surface area contributed by atoms with Crippen molar-refractivity contribution in [3.63, 3.8) is 0 Å². The molecule has 3 nitrogen and oxygen atoms in total. The third-order valence-corrected chi connectivity index (χ3v) is 9.84. The van der Waals surface area contributed by atoms with Crippen LogP contribution in [0.15, 0.2) is 186 Å². The molecule has 10 aromatic rings. The summed E-state index contributed by atoms with van der Waals surface area (Å²) in [4.78, 5) is 7.17. The summed E-state index contributed by atoms with van der Waals surface area (Å²) in [6, 6.07) is 64.8. The lowest BCUT2D eigenvalue weighted by Crippen LogP contribution is -2.10. The van der Waals surface area contributed by atoms with Gasteiger partial charge in [-0.2, -0.15) is 0 Å². The minimum atomic E-state index is 0.653. The van der Waals surface area contributed by atoms with Gasteiger partial charge in [0.2, 0.25) is 5.71 Å². The van der Waals surface area contributed by atoms with Gasteiger partial charge in [0.1, 0.15) is 5.58 Å². The Bertz CT molecular complexity index is 2870. The van der Waals surface area contributed by atoms with Crippen molar-refractivity contribution < 1.29 is 4.42 Å². The van der Waals surface area contributed by atoms with Crippen LogP contribution in [0, 0.1) is 0 Å². The first-order chi connectivity index (χ1) is 24.8. The highest BCUT2D eigenvalue weighted by Gasteiger charge is 2.18. The van der Waals surface area contributed by atoms with Gasteiger partial charge in [0.25, 0.3) is 0 Å². The van der Waals surface area contributed by atoms with Crippen molar-refractivity contribution >= 4 is 71.6 Å². The summed E-state index contributed by atoms with van der Waals surface area (Å²) >= 11 is 0. The highest BCUT2D eigenvalue weighted by molar-refractivity contribution is 6.08. The molecule has 50 heavy (non-hydrogen) atoms. The van der Waals surface area contributed by atoms with E-state index in [0.29, 0.717) is 5.71 Å². The van der Waals surface area contributed by atoms with E-state index in [9.17, 15) is 0 Å². The maximum absolute atomic E-state index is 6.44. The van der Waals surface area contributed by atoms with E-state index in [1.54, 1.807) is 0 Å². The Morgan fingerprint density at radius 2 is 0.980 bits per heavy atom. The van der Waals surface area contributed by atoms with Crippen LogP contribution in [0.4, 0.5) is 17.1 Å². The van der Waals surface area contributed by atoms with Crippen molar-refractivity contribution in [2.45, 2.75) is 0 Å². The third kappa shape index (κ3) is 4.71. The van der Waals surface area contributed by atoms with E-state index < -0.39 is 0 Å². The van der Waals surface area contributed by atoms with Gasteiger partial charge in [-0.05, 0) is 92.3 Å². The maximum atomic E-state index is 6.44. The first-order valence-electron chi connectivity index (χ1n) is 17.0. The molecule has 0 bridgehead atoms. The zero-order valence-electron chi connectivity index (χ0n) is 27.1. The molecule has 0 aliphatic carbocycles. The van der Waals surface area contributed by atoms with Gasteiger partial charge in [-0.15, -0.1) is 0 Å². The van der Waals surface area contributed by atoms with Crippen molar-refractivity contribution in [2.75, 3.05) is 4.90 Å². The summed E-state index contributed by atoms with van der Waals surface area (Å²) in [5.41, 5.74) is 10.3. The monoisotopic (exact) mass is 638 g/mol. The molecule has 0 radical (unpaired) electrons. The van der Waals surface area contributed by atoms with Crippen LogP contribution >= 0.6 is 0 Å². The Labute approximate surface area is 289 Å². The lowest BCUT2D eigenvalue weighted by Gasteiger charge is -2.26. The number of benzene rings is 8. The summed E-state index contributed by atoms with van der Waals surface area (Å²) in [7, 11) is 0. The Hall–Kier alpha value is -6.71. The molecule has 3 heteroatoms. The van der Waals surface area contributed by atoms with Crippen molar-refractivity contribution in [2.24, 2.45) is 0 Å². The lowest BCUT2D eigenvalue weighted by atomic mass is 9.97. The summed E-state index contributed by atoms with van der Waals surface area (Å²) in [6.45, 7) is 0. The molecule has 234 valence electrons. The minimum Gasteiger partial charge on any atom is -0.438 e. The van der Waals surface area contributed by atoms with Crippen LogP contribution in [0.1, 0.15) is 0 Å². The topological polar surface area (TPSA) is 29.3 Å². The summed E-state index contributed by atoms with van der Waals surface area (Å²) < 4.78 is 6.44. The second-order valence-electron chi connectivity index (χ2n) is 12.8. The van der Waals surface area contributed by atoms with E-state index in [-0.39, 0.29) is 0 Å². The number of pyridine rings is 1. The van der Waals surface area contributed by atoms with E-state index in [1.807, 2.05) is 18.2 Å². The highest BCUT2D eigenvalue weighted by Crippen LogP contribution is 2.41. The van der Waals surface area contributed by atoms with Gasteiger partial charge in [0.05, 0.1) is 5.52 Å². The van der Waals surface area contributed by atoms with Crippen molar-refractivity contribution in [3.05, 3.63) is 182 Å². The molecule has 2 aromatic heterocycles. The normalized spacial score (nSPS) is 11.6. The number of rotatable bonds is 5. The molecule has 0 fully saturated rings. The Morgan fingerprint density at radius 3 is 1.74 bits per heavy atom. The molecule has 0 aliphatic rings. The van der Waals surface area contributed by atoms with Gasteiger partial charge in [0.15, 0.2) is 0 Å².